The van der Waals surface area contributed by atoms with Gasteiger partial charge in [0.25, 0.3) is 5.91 Å². The smallest absolute Gasteiger partial charge is 0.276 e. The number of hydrogen-bond acceptors (Lipinski definition) is 5. The van der Waals surface area contributed by atoms with Gasteiger partial charge in [-0.1, -0.05) is 47.2 Å². The van der Waals surface area contributed by atoms with Crippen molar-refractivity contribution in [1.82, 2.24) is 25.2 Å². The van der Waals surface area contributed by atoms with Gasteiger partial charge in [0.1, 0.15) is 11.9 Å². The Hall–Kier alpha value is -3.59. The Bertz CT molecular complexity index is 1220. The third-order valence-electron chi connectivity index (χ3n) is 6.76. The number of likely N-dealkylation sites (tertiary alicyclic amines) is 1. The van der Waals surface area contributed by atoms with Gasteiger partial charge in [0.2, 0.25) is 5.91 Å². The Morgan fingerprint density at radius 1 is 1.14 bits per heavy atom. The van der Waals surface area contributed by atoms with Crippen LogP contribution in [0.4, 0.5) is 4.39 Å². The lowest BCUT2D eigenvalue weighted by molar-refractivity contribution is -0.126. The molecule has 0 radical (unpaired) electrons. The molecule has 5 rings (SSSR count). The molecule has 0 spiro atoms. The maximum atomic E-state index is 13.3. The number of halogens is 1. The van der Waals surface area contributed by atoms with Crippen molar-refractivity contribution in [3.8, 4) is 0 Å². The number of rotatable bonds is 5. The number of piperidine rings is 1. The van der Waals surface area contributed by atoms with Gasteiger partial charge in [-0.15, -0.1) is 5.10 Å². The second kappa shape index (κ2) is 9.95. The second-order valence-corrected chi connectivity index (χ2v) is 9.19. The summed E-state index contributed by atoms with van der Waals surface area (Å²) < 4.78 is 21.1. The summed E-state index contributed by atoms with van der Waals surface area (Å²) >= 11 is 0. The van der Waals surface area contributed by atoms with Crippen LogP contribution >= 0.6 is 0 Å². The molecule has 0 saturated carbocycles. The molecule has 35 heavy (non-hydrogen) atoms. The molecule has 3 heterocycles. The van der Waals surface area contributed by atoms with Crippen LogP contribution in [0.3, 0.4) is 0 Å². The van der Waals surface area contributed by atoms with Gasteiger partial charge < -0.3 is 15.0 Å². The summed E-state index contributed by atoms with van der Waals surface area (Å²) in [6, 6.07) is 14.4. The van der Waals surface area contributed by atoms with Crippen LogP contribution < -0.4 is 5.32 Å². The summed E-state index contributed by atoms with van der Waals surface area (Å²) in [4.78, 5) is 27.5. The van der Waals surface area contributed by atoms with Gasteiger partial charge in [-0.3, -0.25) is 9.59 Å². The highest BCUT2D eigenvalue weighted by Gasteiger charge is 2.33. The van der Waals surface area contributed by atoms with E-state index in [9.17, 15) is 14.0 Å². The molecule has 0 aliphatic carbocycles. The Morgan fingerprint density at radius 3 is 2.66 bits per heavy atom. The third kappa shape index (κ3) is 5.09. The molecular formula is C26H28FN5O3. The van der Waals surface area contributed by atoms with E-state index in [1.807, 2.05) is 19.1 Å². The van der Waals surface area contributed by atoms with Gasteiger partial charge in [0, 0.05) is 25.6 Å². The molecule has 1 atom stereocenters. The van der Waals surface area contributed by atoms with Crippen molar-refractivity contribution in [2.75, 3.05) is 13.1 Å². The molecule has 0 bridgehead atoms. The first-order valence-electron chi connectivity index (χ1n) is 11.9. The van der Waals surface area contributed by atoms with Crippen LogP contribution in [-0.4, -0.2) is 44.8 Å². The van der Waals surface area contributed by atoms with Crippen molar-refractivity contribution >= 4 is 11.8 Å². The Balaban J connectivity index is 1.15. The van der Waals surface area contributed by atoms with E-state index in [2.05, 4.69) is 27.8 Å². The summed E-state index contributed by atoms with van der Waals surface area (Å²) in [5, 5.41) is 11.3. The van der Waals surface area contributed by atoms with Crippen LogP contribution in [0.1, 0.15) is 51.8 Å². The van der Waals surface area contributed by atoms with Gasteiger partial charge in [-0.25, -0.2) is 9.07 Å². The maximum absolute atomic E-state index is 13.3. The van der Waals surface area contributed by atoms with Crippen molar-refractivity contribution in [2.24, 2.45) is 5.92 Å². The molecule has 1 N–H and O–H groups in total. The predicted molar refractivity (Wildman–Crippen MR) is 126 cm³/mol. The van der Waals surface area contributed by atoms with Gasteiger partial charge >= 0.3 is 0 Å². The summed E-state index contributed by atoms with van der Waals surface area (Å²) in [6.45, 7) is 4.04. The lowest BCUT2D eigenvalue weighted by Gasteiger charge is -2.31. The van der Waals surface area contributed by atoms with Crippen LogP contribution in [0.15, 0.2) is 48.5 Å². The first-order chi connectivity index (χ1) is 17.0. The van der Waals surface area contributed by atoms with E-state index >= 15 is 0 Å². The summed E-state index contributed by atoms with van der Waals surface area (Å²) in [7, 11) is 0. The molecule has 1 unspecified atom stereocenters. The number of fused-ring (bicyclic) bond motifs is 1. The van der Waals surface area contributed by atoms with Crippen LogP contribution in [0.25, 0.3) is 0 Å². The zero-order chi connectivity index (χ0) is 24.4. The van der Waals surface area contributed by atoms with Gasteiger partial charge in [-0.05, 0) is 43.0 Å². The lowest BCUT2D eigenvalue weighted by atomic mass is 9.95. The maximum Gasteiger partial charge on any atom is 0.276 e. The van der Waals surface area contributed by atoms with Crippen molar-refractivity contribution in [3.63, 3.8) is 0 Å². The second-order valence-electron chi connectivity index (χ2n) is 9.19. The number of nitrogens with one attached hydrogen (secondary N) is 1. The Morgan fingerprint density at radius 2 is 1.91 bits per heavy atom. The van der Waals surface area contributed by atoms with Crippen molar-refractivity contribution in [2.45, 2.75) is 45.6 Å². The standard InChI is InChI=1S/C26H28FN5O3/c1-17-5-7-19(8-6-17)23-15-32-22(16-35-23)24(29-30-32)26(34)31-11-9-20(10-12-31)25(33)28-14-18-3-2-4-21(27)13-18/h2-8,13,20,23H,9-12,14-16H2,1H3,(H,28,33). The van der Waals surface area contributed by atoms with Gasteiger partial charge in [-0.2, -0.15) is 0 Å². The number of amides is 2. The number of carbonyl (C=O) groups is 2. The van der Waals surface area contributed by atoms with E-state index in [1.54, 1.807) is 21.7 Å². The SMILES string of the molecule is Cc1ccc(C2Cn3nnc(C(=O)N4CCC(C(=O)NCc5cccc(F)c5)CC4)c3CO2)cc1. The molecule has 8 nitrogen and oxygen atoms in total. The molecule has 1 aromatic heterocycles. The molecular weight excluding hydrogens is 449 g/mol. The topological polar surface area (TPSA) is 89.4 Å². The van der Waals surface area contributed by atoms with Gasteiger partial charge in [0.05, 0.1) is 18.8 Å². The highest BCUT2D eigenvalue weighted by Crippen LogP contribution is 2.28. The Kier molecular flexibility index (Phi) is 6.59. The van der Waals surface area contributed by atoms with Crippen LogP contribution in [-0.2, 0) is 29.2 Å². The monoisotopic (exact) mass is 477 g/mol. The molecule has 9 heteroatoms. The summed E-state index contributed by atoms with van der Waals surface area (Å²) in [5.74, 6) is -0.754. The number of aromatic nitrogens is 3. The van der Waals surface area contributed by atoms with Gasteiger partial charge in [0.15, 0.2) is 5.69 Å². The highest BCUT2D eigenvalue weighted by molar-refractivity contribution is 5.93. The molecule has 2 aromatic carbocycles. The first-order valence-corrected chi connectivity index (χ1v) is 11.9. The van der Waals surface area contributed by atoms with E-state index in [1.165, 1.54) is 17.7 Å². The van der Waals surface area contributed by atoms with Crippen LogP contribution in [0, 0.1) is 18.7 Å². The fraction of sp³-hybridized carbons (Fsp3) is 0.385. The van der Waals surface area contributed by atoms with E-state index in [0.717, 1.165) is 11.1 Å². The summed E-state index contributed by atoms with van der Waals surface area (Å²) in [6.07, 6.45) is 1.00. The van der Waals surface area contributed by atoms with Crippen molar-refractivity contribution in [3.05, 3.63) is 82.4 Å². The van der Waals surface area contributed by atoms with Crippen LogP contribution in [0.2, 0.25) is 0 Å². The minimum absolute atomic E-state index is 0.0713. The zero-order valence-electron chi connectivity index (χ0n) is 19.6. The van der Waals surface area contributed by atoms with E-state index < -0.39 is 0 Å². The minimum Gasteiger partial charge on any atom is -0.365 e. The number of carbonyl (C=O) groups excluding carboxylic acids is 2. The van der Waals surface area contributed by atoms with Crippen LogP contribution in [0.5, 0.6) is 0 Å². The largest absolute Gasteiger partial charge is 0.365 e. The minimum atomic E-state index is -0.324. The number of hydrogen-bond donors (Lipinski definition) is 1. The van der Waals surface area contributed by atoms with E-state index in [-0.39, 0.29) is 42.8 Å². The normalized spacial score (nSPS) is 18.2. The summed E-state index contributed by atoms with van der Waals surface area (Å²) in [5.41, 5.74) is 3.98. The van der Waals surface area contributed by atoms with Crippen molar-refractivity contribution < 1.29 is 18.7 Å². The molecule has 2 aliphatic heterocycles. The van der Waals surface area contributed by atoms with E-state index in [4.69, 9.17) is 4.74 Å². The van der Waals surface area contributed by atoms with E-state index in [0.29, 0.717) is 43.9 Å². The molecule has 3 aromatic rings. The molecule has 2 aliphatic rings. The predicted octanol–water partition coefficient (Wildman–Crippen LogP) is 3.17. The Labute approximate surface area is 203 Å². The number of benzene rings is 2. The fourth-order valence-corrected chi connectivity index (χ4v) is 4.64. The first kappa shape index (κ1) is 23.2. The molecule has 2 amide bonds. The average molecular weight is 478 g/mol. The molecule has 1 saturated heterocycles. The lowest BCUT2D eigenvalue weighted by Crippen LogP contribution is -2.43. The number of nitrogens with zero attached hydrogens (tertiary/aromatic N) is 4. The average Bonchev–Trinajstić information content (AvgIpc) is 3.31. The third-order valence-corrected chi connectivity index (χ3v) is 6.76. The highest BCUT2D eigenvalue weighted by atomic mass is 19.1. The molecule has 1 fully saturated rings. The molecule has 182 valence electrons. The fourth-order valence-electron chi connectivity index (χ4n) is 4.64. The number of ether oxygens (including phenoxy) is 1. The van der Waals surface area contributed by atoms with Crippen molar-refractivity contribution in [1.29, 1.82) is 0 Å². The zero-order valence-corrected chi connectivity index (χ0v) is 19.6. The number of aryl methyl sites for hydroxylation is 1. The quantitative estimate of drug-likeness (QED) is 0.610.